The van der Waals surface area contributed by atoms with Gasteiger partial charge in [-0.25, -0.2) is 4.98 Å². The van der Waals surface area contributed by atoms with Crippen molar-refractivity contribution in [3.05, 3.63) is 77.6 Å². The zero-order chi connectivity index (χ0) is 21.4. The lowest BCUT2D eigenvalue weighted by molar-refractivity contribution is -0.127. The fraction of sp³-hybridized carbons (Fsp3) is 0.208. The largest absolute Gasteiger partial charge is 0.485 e. The molecule has 0 spiro atoms. The van der Waals surface area contributed by atoms with E-state index in [0.717, 1.165) is 21.5 Å². The first kappa shape index (κ1) is 19.5. The highest BCUT2D eigenvalue weighted by Crippen LogP contribution is 2.35. The van der Waals surface area contributed by atoms with Crippen LogP contribution in [0, 0.1) is 13.8 Å². The van der Waals surface area contributed by atoms with Crippen LogP contribution < -0.4 is 14.4 Å². The molecule has 0 aliphatic carbocycles. The fourth-order valence-electron chi connectivity index (χ4n) is 3.68. The Morgan fingerprint density at radius 1 is 1.13 bits per heavy atom. The third-order valence-corrected chi connectivity index (χ3v) is 6.17. The van der Waals surface area contributed by atoms with Crippen LogP contribution in [-0.2, 0) is 11.3 Å². The Morgan fingerprint density at radius 2 is 1.94 bits per heavy atom. The maximum atomic E-state index is 13.6. The van der Waals surface area contributed by atoms with Gasteiger partial charge < -0.3 is 9.47 Å². The quantitative estimate of drug-likeness (QED) is 0.469. The summed E-state index contributed by atoms with van der Waals surface area (Å²) in [5.41, 5.74) is 3.95. The molecule has 1 unspecified atom stereocenters. The fourth-order valence-corrected chi connectivity index (χ4v) is 4.83. The van der Waals surface area contributed by atoms with E-state index >= 15 is 0 Å². The normalized spacial score (nSPS) is 15.1. The van der Waals surface area contributed by atoms with Crippen molar-refractivity contribution in [2.75, 3.05) is 11.5 Å². The van der Waals surface area contributed by atoms with Gasteiger partial charge >= 0.3 is 0 Å². The number of aromatic nitrogens is 2. The summed E-state index contributed by atoms with van der Waals surface area (Å²) < 4.78 is 12.8. The molecular formula is C24H21N3O3S. The molecule has 0 saturated carbocycles. The Labute approximate surface area is 184 Å². The summed E-state index contributed by atoms with van der Waals surface area (Å²) in [5.74, 6) is 1.02. The first-order valence-corrected chi connectivity index (χ1v) is 10.9. The maximum absolute atomic E-state index is 13.6. The minimum Gasteiger partial charge on any atom is -0.485 e. The molecule has 2 aromatic heterocycles. The average molecular weight is 432 g/mol. The lowest BCUT2D eigenvalue weighted by atomic mass is 10.1. The second-order valence-corrected chi connectivity index (χ2v) is 8.54. The Bertz CT molecular complexity index is 1260. The number of benzene rings is 2. The van der Waals surface area contributed by atoms with Gasteiger partial charge in [-0.3, -0.25) is 14.7 Å². The smallest absolute Gasteiger partial charge is 0.273 e. The Kier molecular flexibility index (Phi) is 5.03. The molecule has 156 valence electrons. The zero-order valence-corrected chi connectivity index (χ0v) is 18.1. The van der Waals surface area contributed by atoms with Crippen LogP contribution in [-0.4, -0.2) is 28.6 Å². The number of nitrogens with zero attached hydrogens (tertiary/aromatic N) is 3. The zero-order valence-electron chi connectivity index (χ0n) is 17.2. The predicted molar refractivity (Wildman–Crippen MR) is 121 cm³/mol. The lowest BCUT2D eigenvalue weighted by Crippen LogP contribution is -2.46. The SMILES string of the molecule is Cc1cc(C)c2nc(N(Cc3ccccn3)C(=O)C3COc4ccccc4O3)sc2c1. The van der Waals surface area contributed by atoms with Gasteiger partial charge in [-0.05, 0) is 55.3 Å². The minimum atomic E-state index is -0.756. The Hall–Kier alpha value is -3.45. The van der Waals surface area contributed by atoms with E-state index in [4.69, 9.17) is 14.5 Å². The molecule has 1 aliphatic heterocycles. The van der Waals surface area contributed by atoms with Gasteiger partial charge in [0, 0.05) is 6.20 Å². The van der Waals surface area contributed by atoms with E-state index < -0.39 is 6.10 Å². The topological polar surface area (TPSA) is 64.6 Å². The summed E-state index contributed by atoms with van der Waals surface area (Å²) in [6.45, 7) is 4.56. The minimum absolute atomic E-state index is 0.150. The van der Waals surface area contributed by atoms with Gasteiger partial charge in [0.2, 0.25) is 6.10 Å². The average Bonchev–Trinajstić information content (AvgIpc) is 3.21. The lowest BCUT2D eigenvalue weighted by Gasteiger charge is -2.29. The van der Waals surface area contributed by atoms with Gasteiger partial charge in [0.1, 0.15) is 6.61 Å². The summed E-state index contributed by atoms with van der Waals surface area (Å²) in [4.78, 5) is 24.5. The number of rotatable bonds is 4. The predicted octanol–water partition coefficient (Wildman–Crippen LogP) is 4.68. The molecule has 4 aromatic rings. The van der Waals surface area contributed by atoms with Gasteiger partial charge in [0.05, 0.1) is 22.5 Å². The molecule has 1 aliphatic rings. The third kappa shape index (κ3) is 3.84. The van der Waals surface area contributed by atoms with E-state index in [9.17, 15) is 4.79 Å². The number of ether oxygens (including phenoxy) is 2. The number of hydrogen-bond acceptors (Lipinski definition) is 6. The van der Waals surface area contributed by atoms with Crippen LogP contribution in [0.25, 0.3) is 10.2 Å². The second kappa shape index (κ2) is 8.00. The summed E-state index contributed by atoms with van der Waals surface area (Å²) >= 11 is 1.50. The highest BCUT2D eigenvalue weighted by molar-refractivity contribution is 7.22. The summed E-state index contributed by atoms with van der Waals surface area (Å²) in [7, 11) is 0. The molecule has 1 atom stereocenters. The third-order valence-electron chi connectivity index (χ3n) is 5.15. The molecule has 1 amide bonds. The van der Waals surface area contributed by atoms with Crippen molar-refractivity contribution in [2.45, 2.75) is 26.5 Å². The number of pyridine rings is 1. The number of aryl methyl sites for hydroxylation is 2. The van der Waals surface area contributed by atoms with Crippen molar-refractivity contribution in [3.8, 4) is 11.5 Å². The van der Waals surface area contributed by atoms with Gasteiger partial charge in [0.25, 0.3) is 5.91 Å². The number of anilines is 1. The van der Waals surface area contributed by atoms with Crippen molar-refractivity contribution < 1.29 is 14.3 Å². The van der Waals surface area contributed by atoms with E-state index in [1.165, 1.54) is 16.9 Å². The van der Waals surface area contributed by atoms with Crippen molar-refractivity contribution in [2.24, 2.45) is 0 Å². The van der Waals surface area contributed by atoms with Crippen LogP contribution >= 0.6 is 11.3 Å². The first-order chi connectivity index (χ1) is 15.1. The van der Waals surface area contributed by atoms with Crippen LogP contribution in [0.1, 0.15) is 16.8 Å². The highest BCUT2D eigenvalue weighted by atomic mass is 32.1. The number of carbonyl (C=O) groups is 1. The Morgan fingerprint density at radius 3 is 2.74 bits per heavy atom. The van der Waals surface area contributed by atoms with Crippen LogP contribution in [0.3, 0.4) is 0 Å². The van der Waals surface area contributed by atoms with Gasteiger partial charge in [0.15, 0.2) is 16.6 Å². The summed E-state index contributed by atoms with van der Waals surface area (Å²) in [6, 6.07) is 17.2. The van der Waals surface area contributed by atoms with Gasteiger partial charge in [-0.1, -0.05) is 35.6 Å². The van der Waals surface area contributed by atoms with Crippen molar-refractivity contribution >= 4 is 32.6 Å². The van der Waals surface area contributed by atoms with Crippen LogP contribution in [0.5, 0.6) is 11.5 Å². The molecule has 0 N–H and O–H groups in total. The van der Waals surface area contributed by atoms with Crippen molar-refractivity contribution in [1.29, 1.82) is 0 Å². The van der Waals surface area contributed by atoms with Crippen LogP contribution in [0.15, 0.2) is 60.8 Å². The molecule has 0 saturated heterocycles. The maximum Gasteiger partial charge on any atom is 0.273 e. The summed E-state index contributed by atoms with van der Waals surface area (Å²) in [6.07, 6.45) is 0.966. The molecule has 0 bridgehead atoms. The van der Waals surface area contributed by atoms with Gasteiger partial charge in [-0.15, -0.1) is 0 Å². The van der Waals surface area contributed by atoms with Gasteiger partial charge in [-0.2, -0.15) is 0 Å². The molecule has 2 aromatic carbocycles. The van der Waals surface area contributed by atoms with Crippen molar-refractivity contribution in [3.63, 3.8) is 0 Å². The molecule has 0 radical (unpaired) electrons. The van der Waals surface area contributed by atoms with E-state index in [1.54, 1.807) is 11.1 Å². The molecule has 7 heteroatoms. The molecular weight excluding hydrogens is 410 g/mol. The monoisotopic (exact) mass is 431 g/mol. The number of hydrogen-bond donors (Lipinski definition) is 0. The molecule has 6 nitrogen and oxygen atoms in total. The number of thiazole rings is 1. The second-order valence-electron chi connectivity index (χ2n) is 7.53. The molecule has 31 heavy (non-hydrogen) atoms. The number of para-hydroxylation sites is 2. The van der Waals surface area contributed by atoms with E-state index in [-0.39, 0.29) is 12.5 Å². The van der Waals surface area contributed by atoms with Crippen LogP contribution in [0.2, 0.25) is 0 Å². The number of carbonyl (C=O) groups excluding carboxylic acids is 1. The molecule has 3 heterocycles. The van der Waals surface area contributed by atoms with Crippen LogP contribution in [0.4, 0.5) is 5.13 Å². The molecule has 5 rings (SSSR count). The Balaban J connectivity index is 1.52. The number of amides is 1. The standard InChI is InChI=1S/C24H21N3O3S/c1-15-11-16(2)22-21(12-15)31-24(26-22)27(13-17-7-5-6-10-25-17)23(28)20-14-29-18-8-3-4-9-19(18)30-20/h3-12,20H,13-14H2,1-2H3. The molecule has 0 fully saturated rings. The number of fused-ring (bicyclic) bond motifs is 2. The highest BCUT2D eigenvalue weighted by Gasteiger charge is 2.33. The van der Waals surface area contributed by atoms with E-state index in [0.29, 0.717) is 23.2 Å². The van der Waals surface area contributed by atoms with E-state index in [2.05, 4.69) is 24.0 Å². The van der Waals surface area contributed by atoms with Crippen molar-refractivity contribution in [1.82, 2.24) is 9.97 Å². The first-order valence-electron chi connectivity index (χ1n) is 10.1. The summed E-state index contributed by atoms with van der Waals surface area (Å²) in [5, 5.41) is 0.627. The van der Waals surface area contributed by atoms with E-state index in [1.807, 2.05) is 49.4 Å².